The normalized spacial score (nSPS) is 10.4. The summed E-state index contributed by atoms with van der Waals surface area (Å²) in [5, 5.41) is 18.6. The maximum absolute atomic E-state index is 12.5. The second kappa shape index (κ2) is 9.38. The van der Waals surface area contributed by atoms with Gasteiger partial charge in [-0.15, -0.1) is 11.3 Å². The van der Waals surface area contributed by atoms with E-state index >= 15 is 0 Å². The molecule has 5 nitrogen and oxygen atoms in total. The van der Waals surface area contributed by atoms with Crippen LogP contribution in [0.2, 0.25) is 0 Å². The van der Waals surface area contributed by atoms with Crippen molar-refractivity contribution in [1.29, 1.82) is 5.26 Å². The van der Waals surface area contributed by atoms with E-state index in [9.17, 15) is 14.9 Å². The summed E-state index contributed by atoms with van der Waals surface area (Å²) in [5.41, 5.74) is 4.60. The van der Waals surface area contributed by atoms with Crippen molar-refractivity contribution in [3.05, 3.63) is 69.4 Å². The zero-order valence-corrected chi connectivity index (χ0v) is 17.6. The van der Waals surface area contributed by atoms with Crippen LogP contribution in [0.25, 0.3) is 22.3 Å². The quantitative estimate of drug-likeness (QED) is 0.524. The van der Waals surface area contributed by atoms with Gasteiger partial charge in [0.15, 0.2) is 0 Å². The molecule has 6 heteroatoms. The van der Waals surface area contributed by atoms with Gasteiger partial charge in [0.05, 0.1) is 18.6 Å². The number of aliphatic carboxylic acids is 1. The van der Waals surface area contributed by atoms with E-state index < -0.39 is 11.9 Å². The largest absolute Gasteiger partial charge is 0.481 e. The predicted octanol–water partition coefficient (Wildman–Crippen LogP) is 5.32. The monoisotopic (exact) mass is 419 g/mol. The van der Waals surface area contributed by atoms with Crippen LogP contribution < -0.4 is 0 Å². The van der Waals surface area contributed by atoms with Crippen LogP contribution in [0.15, 0.2) is 48.5 Å². The Labute approximate surface area is 179 Å². The van der Waals surface area contributed by atoms with Crippen molar-refractivity contribution in [2.24, 2.45) is 0 Å². The van der Waals surface area contributed by atoms with Crippen molar-refractivity contribution < 1.29 is 19.4 Å². The first-order valence-electron chi connectivity index (χ1n) is 9.62. The molecule has 0 fully saturated rings. The van der Waals surface area contributed by atoms with Crippen molar-refractivity contribution >= 4 is 23.3 Å². The van der Waals surface area contributed by atoms with E-state index in [0.717, 1.165) is 27.1 Å². The van der Waals surface area contributed by atoms with Crippen molar-refractivity contribution in [1.82, 2.24) is 0 Å². The standard InChI is InChI=1S/C24H21NO4S/c1-3-20-19(14-25)22(23(30-20)24(28)29-4-2)18-11-9-17(10-12-18)16-7-5-15(6-8-16)13-21(26)27/h5-12H,3-4,13H2,1-2H3,(H,26,27). The Morgan fingerprint density at radius 1 is 1.00 bits per heavy atom. The van der Waals surface area contributed by atoms with Gasteiger partial charge in [-0.2, -0.15) is 5.26 Å². The molecule has 0 bridgehead atoms. The molecule has 0 unspecified atom stereocenters. The molecular weight excluding hydrogens is 398 g/mol. The van der Waals surface area contributed by atoms with Gasteiger partial charge < -0.3 is 9.84 Å². The number of carboxylic acid groups (broad SMARTS) is 1. The lowest BCUT2D eigenvalue weighted by Crippen LogP contribution is -2.04. The molecule has 2 aromatic carbocycles. The number of carbonyl (C=O) groups is 2. The molecule has 0 radical (unpaired) electrons. The Bertz CT molecular complexity index is 1110. The number of hydrogen-bond donors (Lipinski definition) is 1. The minimum absolute atomic E-state index is 0.00922. The van der Waals surface area contributed by atoms with Crippen LogP contribution in [0.3, 0.4) is 0 Å². The van der Waals surface area contributed by atoms with Gasteiger partial charge in [-0.25, -0.2) is 4.79 Å². The van der Waals surface area contributed by atoms with E-state index in [1.54, 1.807) is 19.1 Å². The maximum atomic E-state index is 12.5. The van der Waals surface area contributed by atoms with Crippen LogP contribution in [-0.4, -0.2) is 23.7 Å². The summed E-state index contributed by atoms with van der Waals surface area (Å²) in [6, 6.07) is 17.3. The molecule has 1 N–H and O–H groups in total. The first-order chi connectivity index (χ1) is 14.5. The Hall–Kier alpha value is -3.43. The number of hydrogen-bond acceptors (Lipinski definition) is 5. The second-order valence-corrected chi connectivity index (χ2v) is 7.74. The highest BCUT2D eigenvalue weighted by Gasteiger charge is 2.24. The van der Waals surface area contributed by atoms with Crippen LogP contribution in [0, 0.1) is 11.3 Å². The average molecular weight is 420 g/mol. The number of benzene rings is 2. The lowest BCUT2D eigenvalue weighted by Gasteiger charge is -2.08. The average Bonchev–Trinajstić information content (AvgIpc) is 3.13. The van der Waals surface area contributed by atoms with Gasteiger partial charge in [0.2, 0.25) is 0 Å². The predicted molar refractivity (Wildman–Crippen MR) is 117 cm³/mol. The molecule has 0 aliphatic carbocycles. The maximum Gasteiger partial charge on any atom is 0.348 e. The molecular formula is C24H21NO4S. The summed E-state index contributed by atoms with van der Waals surface area (Å²) >= 11 is 1.32. The smallest absolute Gasteiger partial charge is 0.348 e. The highest BCUT2D eigenvalue weighted by molar-refractivity contribution is 7.14. The van der Waals surface area contributed by atoms with Gasteiger partial charge >= 0.3 is 11.9 Å². The molecule has 0 saturated carbocycles. The third-order valence-electron chi connectivity index (χ3n) is 4.69. The van der Waals surface area contributed by atoms with Crippen molar-refractivity contribution in [2.45, 2.75) is 26.7 Å². The van der Waals surface area contributed by atoms with E-state index in [-0.39, 0.29) is 13.0 Å². The number of nitriles is 1. The highest BCUT2D eigenvalue weighted by Crippen LogP contribution is 2.38. The van der Waals surface area contributed by atoms with E-state index in [1.807, 2.05) is 43.3 Å². The van der Waals surface area contributed by atoms with Gasteiger partial charge in [-0.05, 0) is 35.6 Å². The minimum atomic E-state index is -0.861. The summed E-state index contributed by atoms with van der Waals surface area (Å²) < 4.78 is 5.20. The summed E-state index contributed by atoms with van der Waals surface area (Å²) in [6.45, 7) is 3.99. The van der Waals surface area contributed by atoms with E-state index in [0.29, 0.717) is 22.4 Å². The van der Waals surface area contributed by atoms with Crippen molar-refractivity contribution in [3.63, 3.8) is 0 Å². The second-order valence-electron chi connectivity index (χ2n) is 6.63. The van der Waals surface area contributed by atoms with E-state index in [4.69, 9.17) is 9.84 Å². The molecule has 1 heterocycles. The number of carbonyl (C=O) groups excluding carboxylic acids is 1. The van der Waals surface area contributed by atoms with E-state index in [1.165, 1.54) is 11.3 Å². The Kier molecular flexibility index (Phi) is 6.65. The Morgan fingerprint density at radius 2 is 1.57 bits per heavy atom. The van der Waals surface area contributed by atoms with Gasteiger partial charge in [-0.3, -0.25) is 4.79 Å². The SMILES string of the molecule is CCOC(=O)c1sc(CC)c(C#N)c1-c1ccc(-c2ccc(CC(=O)O)cc2)cc1. The fraction of sp³-hybridized carbons (Fsp3) is 0.208. The summed E-state index contributed by atoms with van der Waals surface area (Å²) in [4.78, 5) is 24.6. The first kappa shape index (κ1) is 21.3. The molecule has 0 amide bonds. The van der Waals surface area contributed by atoms with Crippen molar-refractivity contribution in [3.8, 4) is 28.3 Å². The highest BCUT2D eigenvalue weighted by atomic mass is 32.1. The molecule has 0 aliphatic heterocycles. The lowest BCUT2D eigenvalue weighted by molar-refractivity contribution is -0.136. The minimum Gasteiger partial charge on any atom is -0.481 e. The number of rotatable bonds is 7. The fourth-order valence-corrected chi connectivity index (χ4v) is 4.38. The molecule has 152 valence electrons. The summed E-state index contributed by atoms with van der Waals surface area (Å²) in [5.74, 6) is -1.27. The van der Waals surface area contributed by atoms with Crippen LogP contribution in [0.1, 0.15) is 39.5 Å². The molecule has 30 heavy (non-hydrogen) atoms. The topological polar surface area (TPSA) is 87.4 Å². The first-order valence-corrected chi connectivity index (χ1v) is 10.4. The van der Waals surface area contributed by atoms with Gasteiger partial charge in [-0.1, -0.05) is 55.5 Å². The fourth-order valence-electron chi connectivity index (χ4n) is 3.28. The van der Waals surface area contributed by atoms with Crippen LogP contribution >= 0.6 is 11.3 Å². The summed E-state index contributed by atoms with van der Waals surface area (Å²) in [7, 11) is 0. The lowest BCUT2D eigenvalue weighted by atomic mass is 9.96. The Morgan fingerprint density at radius 3 is 2.07 bits per heavy atom. The van der Waals surface area contributed by atoms with Crippen LogP contribution in [-0.2, 0) is 22.4 Å². The van der Waals surface area contributed by atoms with Crippen LogP contribution in [0.4, 0.5) is 0 Å². The van der Waals surface area contributed by atoms with Gasteiger partial charge in [0.25, 0.3) is 0 Å². The number of carboxylic acids is 1. The number of aryl methyl sites for hydroxylation is 1. The number of esters is 1. The zero-order valence-electron chi connectivity index (χ0n) is 16.8. The van der Waals surface area contributed by atoms with E-state index in [2.05, 4.69) is 6.07 Å². The zero-order chi connectivity index (χ0) is 21.7. The third-order valence-corrected chi connectivity index (χ3v) is 6.01. The third kappa shape index (κ3) is 4.42. The number of nitrogens with zero attached hydrogens (tertiary/aromatic N) is 1. The van der Waals surface area contributed by atoms with Crippen LogP contribution in [0.5, 0.6) is 0 Å². The summed E-state index contributed by atoms with van der Waals surface area (Å²) in [6.07, 6.45) is 0.658. The molecule has 0 spiro atoms. The van der Waals surface area contributed by atoms with Gasteiger partial charge in [0.1, 0.15) is 10.9 Å². The molecule has 0 atom stereocenters. The molecule has 1 aromatic heterocycles. The van der Waals surface area contributed by atoms with Crippen molar-refractivity contribution in [2.75, 3.05) is 6.61 Å². The molecule has 0 saturated heterocycles. The number of thiophene rings is 1. The number of ether oxygens (including phenoxy) is 1. The molecule has 3 rings (SSSR count). The Balaban J connectivity index is 1.98. The molecule has 0 aliphatic rings. The molecule has 3 aromatic rings. The van der Waals surface area contributed by atoms with Gasteiger partial charge in [0, 0.05) is 10.4 Å².